The van der Waals surface area contributed by atoms with Crippen LogP contribution in [0.5, 0.6) is 0 Å². The molecule has 3 nitrogen and oxygen atoms in total. The highest BCUT2D eigenvalue weighted by atomic mass is 79.9. The van der Waals surface area contributed by atoms with E-state index in [0.717, 1.165) is 6.07 Å². The lowest BCUT2D eigenvalue weighted by molar-refractivity contribution is 0.102. The van der Waals surface area contributed by atoms with E-state index in [9.17, 15) is 9.18 Å². The molecule has 0 spiro atoms. The maximum absolute atomic E-state index is 13.2. The third-order valence-corrected chi connectivity index (χ3v) is 3.93. The molecular formula is C14H9BrClFN2OS. The summed E-state index contributed by atoms with van der Waals surface area (Å²) in [6, 6.07) is 8.63. The van der Waals surface area contributed by atoms with Crippen LogP contribution in [0.4, 0.5) is 10.1 Å². The predicted molar refractivity (Wildman–Crippen MR) is 89.4 cm³/mol. The first-order valence-electron chi connectivity index (χ1n) is 5.74. The molecule has 7 heteroatoms. The Bertz CT molecular complexity index is 739. The number of carbonyl (C=O) groups excluding carboxylic acids is 1. The van der Waals surface area contributed by atoms with E-state index in [2.05, 4.69) is 21.2 Å². The highest BCUT2D eigenvalue weighted by Crippen LogP contribution is 2.25. The monoisotopic (exact) mass is 386 g/mol. The molecule has 0 saturated heterocycles. The van der Waals surface area contributed by atoms with Gasteiger partial charge in [-0.15, -0.1) is 0 Å². The number of hydrogen-bond donors (Lipinski definition) is 2. The Morgan fingerprint density at radius 1 is 1.29 bits per heavy atom. The smallest absolute Gasteiger partial charge is 0.256 e. The van der Waals surface area contributed by atoms with Crippen LogP contribution in [-0.4, -0.2) is 10.9 Å². The molecule has 1 amide bonds. The van der Waals surface area contributed by atoms with Crippen molar-refractivity contribution >= 4 is 56.3 Å². The van der Waals surface area contributed by atoms with Crippen molar-refractivity contribution in [1.82, 2.24) is 0 Å². The van der Waals surface area contributed by atoms with Gasteiger partial charge in [-0.1, -0.05) is 29.9 Å². The van der Waals surface area contributed by atoms with Gasteiger partial charge in [-0.05, 0) is 46.3 Å². The molecule has 0 radical (unpaired) electrons. The lowest BCUT2D eigenvalue weighted by Gasteiger charge is -2.10. The van der Waals surface area contributed by atoms with Crippen molar-refractivity contribution in [3.8, 4) is 0 Å². The lowest BCUT2D eigenvalue weighted by atomic mass is 10.1. The zero-order chi connectivity index (χ0) is 15.6. The number of hydrogen-bond acceptors (Lipinski definition) is 2. The molecule has 0 fully saturated rings. The third kappa shape index (κ3) is 3.78. The Morgan fingerprint density at radius 2 is 2.00 bits per heavy atom. The van der Waals surface area contributed by atoms with Crippen molar-refractivity contribution in [3.63, 3.8) is 0 Å². The minimum atomic E-state index is -0.508. The summed E-state index contributed by atoms with van der Waals surface area (Å²) >= 11 is 14.1. The fourth-order valence-corrected chi connectivity index (χ4v) is 2.35. The molecular weight excluding hydrogens is 379 g/mol. The lowest BCUT2D eigenvalue weighted by Crippen LogP contribution is -2.15. The van der Waals surface area contributed by atoms with E-state index in [0.29, 0.717) is 20.7 Å². The summed E-state index contributed by atoms with van der Waals surface area (Å²) in [5.41, 5.74) is 6.62. The number of nitrogens with one attached hydrogen (secondary N) is 1. The minimum Gasteiger partial charge on any atom is -0.389 e. The fraction of sp³-hybridized carbons (Fsp3) is 0. The summed E-state index contributed by atoms with van der Waals surface area (Å²) in [7, 11) is 0. The van der Waals surface area contributed by atoms with Gasteiger partial charge in [0.25, 0.3) is 5.91 Å². The summed E-state index contributed by atoms with van der Waals surface area (Å²) < 4.78 is 13.7. The maximum atomic E-state index is 13.2. The Kier molecular flexibility index (Phi) is 4.92. The second-order valence-corrected chi connectivity index (χ2v) is 5.84. The summed E-state index contributed by atoms with van der Waals surface area (Å²) in [4.78, 5) is 12.4. The number of amides is 1. The van der Waals surface area contributed by atoms with Crippen molar-refractivity contribution in [1.29, 1.82) is 0 Å². The minimum absolute atomic E-state index is 0.159. The van der Waals surface area contributed by atoms with Crippen LogP contribution in [0.3, 0.4) is 0 Å². The Balaban J connectivity index is 2.33. The first-order chi connectivity index (χ1) is 9.88. The van der Waals surface area contributed by atoms with Gasteiger partial charge in [0.15, 0.2) is 0 Å². The quantitative estimate of drug-likeness (QED) is 0.779. The van der Waals surface area contributed by atoms with E-state index in [4.69, 9.17) is 29.6 Å². The Hall–Kier alpha value is -1.50. The van der Waals surface area contributed by atoms with Crippen LogP contribution in [-0.2, 0) is 0 Å². The molecule has 2 aromatic rings. The third-order valence-electron chi connectivity index (χ3n) is 2.67. The van der Waals surface area contributed by atoms with Crippen molar-refractivity contribution in [2.45, 2.75) is 0 Å². The van der Waals surface area contributed by atoms with Gasteiger partial charge < -0.3 is 11.1 Å². The van der Waals surface area contributed by atoms with Crippen LogP contribution in [0.15, 0.2) is 40.9 Å². The molecule has 0 unspecified atom stereocenters. The molecule has 21 heavy (non-hydrogen) atoms. The Morgan fingerprint density at radius 3 is 2.67 bits per heavy atom. The van der Waals surface area contributed by atoms with Crippen molar-refractivity contribution in [3.05, 3.63) is 62.8 Å². The van der Waals surface area contributed by atoms with E-state index in [1.54, 1.807) is 18.2 Å². The average molecular weight is 388 g/mol. The topological polar surface area (TPSA) is 55.1 Å². The fourth-order valence-electron chi connectivity index (χ4n) is 1.64. The van der Waals surface area contributed by atoms with Gasteiger partial charge in [0.05, 0.1) is 16.3 Å². The highest BCUT2D eigenvalue weighted by molar-refractivity contribution is 9.10. The second-order valence-electron chi connectivity index (χ2n) is 4.14. The molecule has 0 bridgehead atoms. The standard InChI is InChI=1S/C14H9BrClFN2OS/c15-10-3-2-8(17)6-9(10)14(20)19-12-5-7(13(18)21)1-4-11(12)16/h1-6H,(H2,18,21)(H,19,20). The molecule has 0 aliphatic rings. The molecule has 0 saturated carbocycles. The summed E-state index contributed by atoms with van der Waals surface area (Å²) in [5.74, 6) is -1.00. The average Bonchev–Trinajstić information content (AvgIpc) is 2.43. The number of halogens is 3. The van der Waals surface area contributed by atoms with E-state index < -0.39 is 11.7 Å². The molecule has 3 N–H and O–H groups in total. The van der Waals surface area contributed by atoms with E-state index >= 15 is 0 Å². The van der Waals surface area contributed by atoms with E-state index in [1.807, 2.05) is 0 Å². The van der Waals surface area contributed by atoms with Crippen LogP contribution in [0.25, 0.3) is 0 Å². The zero-order valence-electron chi connectivity index (χ0n) is 10.5. The van der Waals surface area contributed by atoms with Gasteiger partial charge >= 0.3 is 0 Å². The van der Waals surface area contributed by atoms with Crippen LogP contribution < -0.4 is 11.1 Å². The van der Waals surface area contributed by atoms with Gasteiger partial charge in [-0.3, -0.25) is 4.79 Å². The number of rotatable bonds is 3. The van der Waals surface area contributed by atoms with Crippen molar-refractivity contribution in [2.75, 3.05) is 5.32 Å². The molecule has 0 aliphatic carbocycles. The first-order valence-corrected chi connectivity index (χ1v) is 7.32. The van der Waals surface area contributed by atoms with Crippen LogP contribution >= 0.6 is 39.7 Å². The van der Waals surface area contributed by atoms with Crippen LogP contribution in [0.1, 0.15) is 15.9 Å². The molecule has 108 valence electrons. The summed E-state index contributed by atoms with van der Waals surface area (Å²) in [6.45, 7) is 0. The number of carbonyl (C=O) groups is 1. The number of thiocarbonyl (C=S) groups is 1. The second kappa shape index (κ2) is 6.51. The molecule has 0 aliphatic heterocycles. The largest absolute Gasteiger partial charge is 0.389 e. The molecule has 2 aromatic carbocycles. The summed E-state index contributed by atoms with van der Waals surface area (Å²) in [6.07, 6.45) is 0. The van der Waals surface area contributed by atoms with E-state index in [-0.39, 0.29) is 10.6 Å². The zero-order valence-corrected chi connectivity index (χ0v) is 13.7. The van der Waals surface area contributed by atoms with Gasteiger partial charge in [0.2, 0.25) is 0 Å². The van der Waals surface area contributed by atoms with Crippen LogP contribution in [0, 0.1) is 5.82 Å². The molecule has 0 aromatic heterocycles. The maximum Gasteiger partial charge on any atom is 0.256 e. The van der Waals surface area contributed by atoms with E-state index in [1.165, 1.54) is 12.1 Å². The van der Waals surface area contributed by atoms with Crippen LogP contribution in [0.2, 0.25) is 5.02 Å². The van der Waals surface area contributed by atoms with Gasteiger partial charge in [-0.25, -0.2) is 4.39 Å². The molecule has 0 heterocycles. The number of nitrogens with two attached hydrogens (primary N) is 1. The SMILES string of the molecule is NC(=S)c1ccc(Cl)c(NC(=O)c2cc(F)ccc2Br)c1. The van der Waals surface area contributed by atoms with Crippen molar-refractivity contribution < 1.29 is 9.18 Å². The summed E-state index contributed by atoms with van der Waals surface area (Å²) in [5, 5.41) is 2.94. The molecule has 0 atom stereocenters. The van der Waals surface area contributed by atoms with Gasteiger partial charge in [-0.2, -0.15) is 0 Å². The normalized spacial score (nSPS) is 10.2. The Labute approximate surface area is 139 Å². The number of benzene rings is 2. The van der Waals surface area contributed by atoms with Gasteiger partial charge in [0.1, 0.15) is 10.8 Å². The number of anilines is 1. The predicted octanol–water partition coefficient (Wildman–Crippen LogP) is 4.13. The highest BCUT2D eigenvalue weighted by Gasteiger charge is 2.13. The van der Waals surface area contributed by atoms with Crippen molar-refractivity contribution in [2.24, 2.45) is 5.73 Å². The van der Waals surface area contributed by atoms with Gasteiger partial charge in [0, 0.05) is 10.0 Å². The molecule has 2 rings (SSSR count). The first kappa shape index (κ1) is 15.9.